The summed E-state index contributed by atoms with van der Waals surface area (Å²) in [5.41, 5.74) is 0.127. The highest BCUT2D eigenvalue weighted by Gasteiger charge is 2.42. The van der Waals surface area contributed by atoms with Gasteiger partial charge in [-0.25, -0.2) is 12.7 Å². The van der Waals surface area contributed by atoms with Crippen LogP contribution < -0.4 is 0 Å². The molecule has 1 aromatic rings. The predicted octanol–water partition coefficient (Wildman–Crippen LogP) is 1.17. The topological polar surface area (TPSA) is 101 Å². The van der Waals surface area contributed by atoms with Crippen LogP contribution in [0.1, 0.15) is 42.5 Å². The first-order valence-corrected chi connectivity index (χ1v) is 11.0. The Bertz CT molecular complexity index is 922. The zero-order chi connectivity index (χ0) is 19.9. The molecule has 0 unspecified atom stereocenters. The third-order valence-corrected chi connectivity index (χ3v) is 7.55. The lowest BCUT2D eigenvalue weighted by Crippen LogP contribution is -2.36. The van der Waals surface area contributed by atoms with Crippen LogP contribution in [-0.2, 0) is 24.3 Å². The van der Waals surface area contributed by atoms with Gasteiger partial charge in [0.05, 0.1) is 18.0 Å². The summed E-state index contributed by atoms with van der Waals surface area (Å²) >= 11 is 0. The maximum absolute atomic E-state index is 12.5. The van der Waals surface area contributed by atoms with Gasteiger partial charge in [-0.2, -0.15) is 0 Å². The van der Waals surface area contributed by atoms with Crippen molar-refractivity contribution in [1.29, 1.82) is 0 Å². The van der Waals surface area contributed by atoms with Crippen LogP contribution in [0.5, 0.6) is 0 Å². The standard InChI is InChI=1S/C19H22N2O6S/c22-17-11-13(12-20(17)14-5-1-2-6-14)19(24)27-10-9-21-18(23)15-7-3-4-8-16(15)28(21,25)26/h3-4,7-8,13-14H,1-2,5-6,9-12H2/t13-/m0/s1. The molecule has 3 aliphatic rings. The molecule has 8 nitrogen and oxygen atoms in total. The van der Waals surface area contributed by atoms with Crippen molar-refractivity contribution >= 4 is 27.8 Å². The van der Waals surface area contributed by atoms with Crippen LogP contribution >= 0.6 is 0 Å². The number of hydrogen-bond donors (Lipinski definition) is 0. The molecule has 2 amide bonds. The van der Waals surface area contributed by atoms with Crippen LogP contribution in [0.4, 0.5) is 0 Å². The van der Waals surface area contributed by atoms with Crippen molar-refractivity contribution in [3.63, 3.8) is 0 Å². The van der Waals surface area contributed by atoms with E-state index in [9.17, 15) is 22.8 Å². The molecule has 4 rings (SSSR count). The summed E-state index contributed by atoms with van der Waals surface area (Å²) < 4.78 is 30.9. The average molecular weight is 406 g/mol. The number of amides is 2. The molecule has 28 heavy (non-hydrogen) atoms. The summed E-state index contributed by atoms with van der Waals surface area (Å²) in [5, 5.41) is 0. The lowest BCUT2D eigenvalue weighted by Gasteiger charge is -2.23. The van der Waals surface area contributed by atoms with Gasteiger partial charge in [0, 0.05) is 19.0 Å². The highest BCUT2D eigenvalue weighted by atomic mass is 32.2. The fourth-order valence-corrected chi connectivity index (χ4v) is 5.81. The van der Waals surface area contributed by atoms with Gasteiger partial charge in [0.2, 0.25) is 5.91 Å². The van der Waals surface area contributed by atoms with E-state index in [1.54, 1.807) is 17.0 Å². The molecule has 2 heterocycles. The molecule has 9 heteroatoms. The Labute approximate surface area is 163 Å². The number of esters is 1. The monoisotopic (exact) mass is 406 g/mol. The SMILES string of the molecule is O=C(OCCN1C(=O)c2ccccc2S1(=O)=O)[C@H]1CC(=O)N(C2CCCC2)C1. The van der Waals surface area contributed by atoms with E-state index in [0.717, 1.165) is 30.0 Å². The fourth-order valence-electron chi connectivity index (χ4n) is 4.26. The zero-order valence-corrected chi connectivity index (χ0v) is 16.2. The number of carbonyl (C=O) groups is 3. The predicted molar refractivity (Wildman–Crippen MR) is 97.7 cm³/mol. The molecule has 1 aliphatic carbocycles. The molecular formula is C19H22N2O6S. The Morgan fingerprint density at radius 2 is 1.86 bits per heavy atom. The quantitative estimate of drug-likeness (QED) is 0.681. The highest BCUT2D eigenvalue weighted by Crippen LogP contribution is 2.31. The van der Waals surface area contributed by atoms with Crippen molar-refractivity contribution in [2.45, 2.75) is 43.0 Å². The molecule has 0 aromatic heterocycles. The molecule has 150 valence electrons. The first kappa shape index (κ1) is 18.9. The lowest BCUT2D eigenvalue weighted by atomic mass is 10.1. The second kappa shape index (κ2) is 7.20. The van der Waals surface area contributed by atoms with E-state index in [1.807, 2.05) is 0 Å². The molecular weight excluding hydrogens is 384 g/mol. The summed E-state index contributed by atoms with van der Waals surface area (Å²) in [5.74, 6) is -1.69. The number of fused-ring (bicyclic) bond motifs is 1. The smallest absolute Gasteiger partial charge is 0.311 e. The third kappa shape index (κ3) is 3.17. The Morgan fingerprint density at radius 3 is 2.57 bits per heavy atom. The average Bonchev–Trinajstić information content (AvgIpc) is 3.37. The van der Waals surface area contributed by atoms with Crippen molar-refractivity contribution in [3.05, 3.63) is 29.8 Å². The van der Waals surface area contributed by atoms with Crippen molar-refractivity contribution < 1.29 is 27.5 Å². The van der Waals surface area contributed by atoms with E-state index in [4.69, 9.17) is 4.74 Å². The van der Waals surface area contributed by atoms with Gasteiger partial charge >= 0.3 is 5.97 Å². The van der Waals surface area contributed by atoms with E-state index in [2.05, 4.69) is 0 Å². The molecule has 2 fully saturated rings. The summed E-state index contributed by atoms with van der Waals surface area (Å²) in [6.45, 7) is -0.116. The molecule has 1 atom stereocenters. The van der Waals surface area contributed by atoms with Gasteiger partial charge in [-0.3, -0.25) is 14.4 Å². The zero-order valence-electron chi connectivity index (χ0n) is 15.4. The largest absolute Gasteiger partial charge is 0.463 e. The van der Waals surface area contributed by atoms with Gasteiger partial charge in [-0.15, -0.1) is 0 Å². The Balaban J connectivity index is 1.33. The molecule has 1 aromatic carbocycles. The highest BCUT2D eigenvalue weighted by molar-refractivity contribution is 7.90. The van der Waals surface area contributed by atoms with Crippen LogP contribution in [0.15, 0.2) is 29.2 Å². The van der Waals surface area contributed by atoms with Crippen molar-refractivity contribution in [3.8, 4) is 0 Å². The van der Waals surface area contributed by atoms with Crippen LogP contribution in [0.2, 0.25) is 0 Å². The minimum Gasteiger partial charge on any atom is -0.463 e. The molecule has 0 N–H and O–H groups in total. The van der Waals surface area contributed by atoms with Gasteiger partial charge in [0.1, 0.15) is 11.5 Å². The maximum atomic E-state index is 12.5. The van der Waals surface area contributed by atoms with Crippen LogP contribution in [-0.4, -0.2) is 61.1 Å². The van der Waals surface area contributed by atoms with Gasteiger partial charge in [0.25, 0.3) is 15.9 Å². The maximum Gasteiger partial charge on any atom is 0.311 e. The van der Waals surface area contributed by atoms with Gasteiger partial charge in [-0.1, -0.05) is 25.0 Å². The molecule has 1 saturated carbocycles. The second-order valence-electron chi connectivity index (χ2n) is 7.43. The fraction of sp³-hybridized carbons (Fsp3) is 0.526. The van der Waals surface area contributed by atoms with Crippen molar-refractivity contribution in [1.82, 2.24) is 9.21 Å². The summed E-state index contributed by atoms with van der Waals surface area (Å²) in [6, 6.07) is 6.22. The van der Waals surface area contributed by atoms with Crippen LogP contribution in [0, 0.1) is 5.92 Å². The molecule has 0 radical (unpaired) electrons. The van der Waals surface area contributed by atoms with Crippen molar-refractivity contribution in [2.75, 3.05) is 19.7 Å². The molecule has 0 spiro atoms. The summed E-state index contributed by atoms with van der Waals surface area (Å²) in [6.07, 6.45) is 4.28. The Kier molecular flexibility index (Phi) is 4.86. The van der Waals surface area contributed by atoms with E-state index in [-0.39, 0.29) is 42.0 Å². The lowest BCUT2D eigenvalue weighted by molar-refractivity contribution is -0.148. The number of rotatable bonds is 5. The Hall–Kier alpha value is -2.42. The number of likely N-dealkylation sites (tertiary alicyclic amines) is 1. The normalized spacial score (nSPS) is 24.1. The number of nitrogens with zero attached hydrogens (tertiary/aromatic N) is 2. The first-order valence-electron chi connectivity index (χ1n) is 9.52. The van der Waals surface area contributed by atoms with E-state index >= 15 is 0 Å². The van der Waals surface area contributed by atoms with Gasteiger partial charge < -0.3 is 9.64 Å². The number of sulfonamides is 1. The third-order valence-electron chi connectivity index (χ3n) is 5.71. The second-order valence-corrected chi connectivity index (χ2v) is 9.26. The van der Waals surface area contributed by atoms with E-state index in [0.29, 0.717) is 6.54 Å². The Morgan fingerprint density at radius 1 is 1.14 bits per heavy atom. The summed E-state index contributed by atoms with van der Waals surface area (Å²) in [7, 11) is -3.91. The van der Waals surface area contributed by atoms with Gasteiger partial charge in [0.15, 0.2) is 0 Å². The van der Waals surface area contributed by atoms with Crippen molar-refractivity contribution in [2.24, 2.45) is 5.92 Å². The number of benzene rings is 1. The van der Waals surface area contributed by atoms with Gasteiger partial charge in [-0.05, 0) is 25.0 Å². The molecule has 2 aliphatic heterocycles. The minimum absolute atomic E-state index is 0.0263. The van der Waals surface area contributed by atoms with Crippen LogP contribution in [0.3, 0.4) is 0 Å². The molecule has 1 saturated heterocycles. The minimum atomic E-state index is -3.91. The van der Waals surface area contributed by atoms with E-state index in [1.165, 1.54) is 12.1 Å². The first-order chi connectivity index (χ1) is 13.4. The van der Waals surface area contributed by atoms with E-state index < -0.39 is 27.8 Å². The number of carbonyl (C=O) groups excluding carboxylic acids is 3. The summed E-state index contributed by atoms with van der Waals surface area (Å²) in [4.78, 5) is 38.6. The van der Waals surface area contributed by atoms with Crippen LogP contribution in [0.25, 0.3) is 0 Å². The number of hydrogen-bond acceptors (Lipinski definition) is 6. The number of ether oxygens (including phenoxy) is 1. The molecule has 0 bridgehead atoms.